The molecule has 1 aromatic heterocycles. The highest BCUT2D eigenvalue weighted by molar-refractivity contribution is 6.20. The molecular formula is C66H50N2. The molecule has 0 N–H and O–H groups in total. The van der Waals surface area contributed by atoms with Gasteiger partial charge in [-0.05, 0) is 133 Å². The van der Waals surface area contributed by atoms with Gasteiger partial charge in [0.2, 0.25) is 0 Å². The molecule has 2 heteroatoms. The van der Waals surface area contributed by atoms with E-state index in [4.69, 9.17) is 0 Å². The standard InChI is InChI=1S/C66H50N2/c1-65(2)58-32-20-19-30-51(58)53-37-34-48(40-60(53)65)67(46-25-13-7-14-26-46)49-35-38-54-52-36-33-45(39-59(52)66(3,4)61(54)41-49)56-42-57-62(43-21-9-5-10-22-43)63(44-23-11-6-12-24-44)68(47-27-15-8-16-28-47)64(57)55-31-18-17-29-50(55)56/h5-42H,1-4H3. The topological polar surface area (TPSA) is 8.17 Å². The van der Waals surface area contributed by atoms with Crippen LogP contribution in [-0.2, 0) is 10.8 Å². The lowest BCUT2D eigenvalue weighted by atomic mass is 9.81. The molecule has 0 saturated heterocycles. The highest BCUT2D eigenvalue weighted by Gasteiger charge is 2.38. The second kappa shape index (κ2) is 15.2. The van der Waals surface area contributed by atoms with Crippen LogP contribution in [0.3, 0.4) is 0 Å². The summed E-state index contributed by atoms with van der Waals surface area (Å²) in [7, 11) is 0. The van der Waals surface area contributed by atoms with E-state index in [1.54, 1.807) is 0 Å². The molecule has 0 radical (unpaired) electrons. The first-order valence-corrected chi connectivity index (χ1v) is 23.9. The number of nitrogens with zero attached hydrogens (tertiary/aromatic N) is 2. The molecule has 0 saturated carbocycles. The van der Waals surface area contributed by atoms with Crippen LogP contribution >= 0.6 is 0 Å². The lowest BCUT2D eigenvalue weighted by Gasteiger charge is -2.29. The van der Waals surface area contributed by atoms with Crippen LogP contribution in [0.1, 0.15) is 49.9 Å². The van der Waals surface area contributed by atoms with E-state index in [0.29, 0.717) is 0 Å². The van der Waals surface area contributed by atoms with E-state index < -0.39 is 0 Å². The first kappa shape index (κ1) is 40.1. The van der Waals surface area contributed by atoms with Crippen molar-refractivity contribution < 1.29 is 0 Å². The van der Waals surface area contributed by atoms with Gasteiger partial charge in [0, 0.05) is 49.9 Å². The summed E-state index contributed by atoms with van der Waals surface area (Å²) in [5.41, 5.74) is 23.5. The minimum absolute atomic E-state index is 0.0986. The maximum atomic E-state index is 2.50. The molecule has 2 aliphatic rings. The van der Waals surface area contributed by atoms with Crippen LogP contribution in [0, 0.1) is 0 Å². The molecule has 0 atom stereocenters. The highest BCUT2D eigenvalue weighted by Crippen LogP contribution is 2.55. The van der Waals surface area contributed by atoms with Crippen LogP contribution in [-0.4, -0.2) is 4.57 Å². The van der Waals surface area contributed by atoms with E-state index in [2.05, 4.69) is 268 Å². The van der Waals surface area contributed by atoms with Gasteiger partial charge in [0.05, 0.1) is 11.2 Å². The summed E-state index contributed by atoms with van der Waals surface area (Å²) in [5, 5.41) is 3.71. The first-order chi connectivity index (χ1) is 33.3. The Bertz CT molecular complexity index is 3770. The first-order valence-electron chi connectivity index (χ1n) is 23.9. The molecule has 0 unspecified atom stereocenters. The van der Waals surface area contributed by atoms with Crippen molar-refractivity contribution in [2.24, 2.45) is 0 Å². The van der Waals surface area contributed by atoms with Gasteiger partial charge in [-0.1, -0.05) is 198 Å². The number of anilines is 3. The van der Waals surface area contributed by atoms with E-state index in [9.17, 15) is 0 Å². The second-order valence-corrected chi connectivity index (χ2v) is 19.7. The van der Waals surface area contributed by atoms with E-state index in [1.165, 1.54) is 105 Å². The number of rotatable bonds is 7. The number of benzene rings is 10. The smallest absolute Gasteiger partial charge is 0.0620 e. The molecule has 324 valence electrons. The number of hydrogen-bond acceptors (Lipinski definition) is 1. The van der Waals surface area contributed by atoms with Crippen LogP contribution in [0.2, 0.25) is 0 Å². The Morgan fingerprint density at radius 3 is 1.46 bits per heavy atom. The Hall–Kier alpha value is -8.20. The van der Waals surface area contributed by atoms with Crippen molar-refractivity contribution in [2.45, 2.75) is 38.5 Å². The quantitative estimate of drug-likeness (QED) is 0.155. The summed E-state index contributed by atoms with van der Waals surface area (Å²) in [4.78, 5) is 2.45. The average Bonchev–Trinajstić information content (AvgIpc) is 3.94. The molecule has 0 amide bonds. The third-order valence-corrected chi connectivity index (χ3v) is 15.2. The van der Waals surface area contributed by atoms with E-state index in [0.717, 1.165) is 17.1 Å². The molecule has 11 aromatic rings. The van der Waals surface area contributed by atoms with Gasteiger partial charge >= 0.3 is 0 Å². The molecule has 0 aliphatic heterocycles. The fourth-order valence-electron chi connectivity index (χ4n) is 11.9. The number of fused-ring (bicyclic) bond motifs is 9. The number of para-hydroxylation sites is 2. The summed E-state index contributed by atoms with van der Waals surface area (Å²) >= 11 is 0. The molecular weight excluding hydrogens is 821 g/mol. The van der Waals surface area contributed by atoms with Gasteiger partial charge in [-0.15, -0.1) is 0 Å². The second-order valence-electron chi connectivity index (χ2n) is 19.7. The minimum atomic E-state index is -0.257. The monoisotopic (exact) mass is 870 g/mol. The van der Waals surface area contributed by atoms with Gasteiger partial charge in [0.25, 0.3) is 0 Å². The van der Waals surface area contributed by atoms with Gasteiger partial charge in [0.1, 0.15) is 0 Å². The summed E-state index contributed by atoms with van der Waals surface area (Å²) in [6.07, 6.45) is 0. The zero-order valence-electron chi connectivity index (χ0n) is 38.8. The highest BCUT2D eigenvalue weighted by atomic mass is 15.1. The zero-order valence-corrected chi connectivity index (χ0v) is 38.8. The number of hydrogen-bond donors (Lipinski definition) is 0. The van der Waals surface area contributed by atoms with Crippen molar-refractivity contribution in [1.82, 2.24) is 4.57 Å². The fraction of sp³-hybridized carbons (Fsp3) is 0.0909. The summed E-state index contributed by atoms with van der Waals surface area (Å²) in [5.74, 6) is 0. The molecule has 0 spiro atoms. The third-order valence-electron chi connectivity index (χ3n) is 15.2. The van der Waals surface area contributed by atoms with Crippen molar-refractivity contribution >= 4 is 38.7 Å². The van der Waals surface area contributed by atoms with Crippen LogP contribution < -0.4 is 4.90 Å². The van der Waals surface area contributed by atoms with Gasteiger partial charge < -0.3 is 9.47 Å². The molecule has 13 rings (SSSR count). The summed E-state index contributed by atoms with van der Waals surface area (Å²) in [6, 6.07) is 85.5. The molecule has 0 fully saturated rings. The Kier molecular flexibility index (Phi) is 8.95. The van der Waals surface area contributed by atoms with Gasteiger partial charge in [-0.2, -0.15) is 0 Å². The SMILES string of the molecule is CC1(C)c2ccccc2-c2ccc(N(c3ccccc3)c3ccc4c(c3)C(C)(C)c3cc(-c5cc6c(-c7ccccc7)c(-c7ccccc7)n(-c7ccccc7)c6c6ccccc56)ccc3-4)cc21. The van der Waals surface area contributed by atoms with Crippen LogP contribution in [0.4, 0.5) is 17.1 Å². The van der Waals surface area contributed by atoms with Gasteiger partial charge in [-0.3, -0.25) is 0 Å². The largest absolute Gasteiger partial charge is 0.310 e. The Balaban J connectivity index is 0.977. The third kappa shape index (κ3) is 5.97. The Labute approximate surface area is 399 Å². The lowest BCUT2D eigenvalue weighted by molar-refractivity contribution is 0.660. The van der Waals surface area contributed by atoms with E-state index in [1.807, 2.05) is 0 Å². The van der Waals surface area contributed by atoms with Crippen molar-refractivity contribution in [3.05, 3.63) is 253 Å². The van der Waals surface area contributed by atoms with Crippen molar-refractivity contribution in [3.63, 3.8) is 0 Å². The molecule has 1 heterocycles. The van der Waals surface area contributed by atoms with Gasteiger partial charge in [0.15, 0.2) is 0 Å². The fourth-order valence-corrected chi connectivity index (χ4v) is 11.9. The maximum Gasteiger partial charge on any atom is 0.0620 e. The summed E-state index contributed by atoms with van der Waals surface area (Å²) in [6.45, 7) is 9.55. The van der Waals surface area contributed by atoms with E-state index >= 15 is 0 Å². The minimum Gasteiger partial charge on any atom is -0.310 e. The van der Waals surface area contributed by atoms with Crippen molar-refractivity contribution in [3.8, 4) is 61.5 Å². The van der Waals surface area contributed by atoms with Crippen LogP contribution in [0.5, 0.6) is 0 Å². The molecule has 2 nitrogen and oxygen atoms in total. The molecule has 68 heavy (non-hydrogen) atoms. The van der Waals surface area contributed by atoms with Gasteiger partial charge in [-0.25, -0.2) is 0 Å². The van der Waals surface area contributed by atoms with Crippen molar-refractivity contribution in [2.75, 3.05) is 4.90 Å². The lowest BCUT2D eigenvalue weighted by Crippen LogP contribution is -2.18. The molecule has 10 aromatic carbocycles. The summed E-state index contributed by atoms with van der Waals surface area (Å²) < 4.78 is 2.50. The predicted molar refractivity (Wildman–Crippen MR) is 287 cm³/mol. The maximum absolute atomic E-state index is 2.50. The Morgan fingerprint density at radius 2 is 0.809 bits per heavy atom. The van der Waals surface area contributed by atoms with E-state index in [-0.39, 0.29) is 10.8 Å². The van der Waals surface area contributed by atoms with Crippen molar-refractivity contribution in [1.29, 1.82) is 0 Å². The molecule has 0 bridgehead atoms. The Morgan fingerprint density at radius 1 is 0.324 bits per heavy atom. The van der Waals surface area contributed by atoms with Crippen LogP contribution in [0.25, 0.3) is 83.1 Å². The normalized spacial score (nSPS) is 13.8. The average molecular weight is 871 g/mol. The predicted octanol–water partition coefficient (Wildman–Crippen LogP) is 17.9. The zero-order chi connectivity index (χ0) is 45.7. The molecule has 2 aliphatic carbocycles. The number of aromatic nitrogens is 1. The van der Waals surface area contributed by atoms with Crippen LogP contribution in [0.15, 0.2) is 231 Å².